The summed E-state index contributed by atoms with van der Waals surface area (Å²) >= 11 is 0.738. The third-order valence-corrected chi connectivity index (χ3v) is 4.02. The fourth-order valence-corrected chi connectivity index (χ4v) is 2.74. The van der Waals surface area contributed by atoms with Gasteiger partial charge >= 0.3 is 12.1 Å². The van der Waals surface area contributed by atoms with E-state index in [-0.39, 0.29) is 22.7 Å². The highest BCUT2D eigenvalue weighted by Crippen LogP contribution is 2.37. The number of nitrogens with two attached hydrogens (primary N) is 1. The topological polar surface area (TPSA) is 96.4 Å². The number of phenolic OH excluding ortho intramolecular Hbond substituents is 1. The fourth-order valence-electron chi connectivity index (χ4n) is 1.89. The number of hydrogen-bond donors (Lipinski definition) is 3. The summed E-state index contributed by atoms with van der Waals surface area (Å²) in [7, 11) is 0. The number of carbonyl (C=O) groups is 1. The summed E-state index contributed by atoms with van der Waals surface area (Å²) < 4.78 is 37.8. The van der Waals surface area contributed by atoms with E-state index in [0.29, 0.717) is 5.56 Å². The van der Waals surface area contributed by atoms with Gasteiger partial charge in [-0.25, -0.2) is 4.98 Å². The van der Waals surface area contributed by atoms with Gasteiger partial charge in [-0.05, 0) is 24.6 Å². The van der Waals surface area contributed by atoms with Crippen LogP contribution in [0.3, 0.4) is 0 Å². The Labute approximate surface area is 133 Å². The van der Waals surface area contributed by atoms with Gasteiger partial charge in [-0.3, -0.25) is 4.79 Å². The molecule has 0 aliphatic heterocycles. The first kappa shape index (κ1) is 17.2. The largest absolute Gasteiger partial charge is 0.507 e. The van der Waals surface area contributed by atoms with E-state index in [1.165, 1.54) is 25.1 Å². The summed E-state index contributed by atoms with van der Waals surface area (Å²) in [5, 5.41) is 19.7. The van der Waals surface area contributed by atoms with E-state index in [4.69, 9.17) is 10.8 Å². The summed E-state index contributed by atoms with van der Waals surface area (Å²) in [5.41, 5.74) is 3.65. The Morgan fingerprint density at radius 3 is 2.57 bits per heavy atom. The second kappa shape index (κ2) is 5.82. The first-order valence-electron chi connectivity index (χ1n) is 6.38. The van der Waals surface area contributed by atoms with E-state index in [9.17, 15) is 23.1 Å². The molecule has 23 heavy (non-hydrogen) atoms. The molecule has 0 radical (unpaired) electrons. The number of aromatic hydroxyl groups is 1. The van der Waals surface area contributed by atoms with Gasteiger partial charge in [0.25, 0.3) is 0 Å². The number of benzene rings is 1. The van der Waals surface area contributed by atoms with Gasteiger partial charge in [0.15, 0.2) is 5.69 Å². The molecule has 0 saturated carbocycles. The number of carboxylic acids is 1. The van der Waals surface area contributed by atoms with Crippen LogP contribution in [0.25, 0.3) is 10.6 Å². The number of hydrogen-bond acceptors (Lipinski definition) is 5. The number of aromatic nitrogens is 1. The normalized spacial score (nSPS) is 14.5. The molecule has 2 rings (SSSR count). The lowest BCUT2D eigenvalue weighted by molar-refractivity contribution is -0.142. The van der Waals surface area contributed by atoms with Gasteiger partial charge in [0.1, 0.15) is 16.3 Å². The van der Waals surface area contributed by atoms with Crippen LogP contribution in [0.15, 0.2) is 23.6 Å². The molecular formula is C14H13F3N2O3S. The van der Waals surface area contributed by atoms with Crippen LogP contribution in [0.5, 0.6) is 5.75 Å². The van der Waals surface area contributed by atoms with Crippen LogP contribution in [0, 0.1) is 0 Å². The third kappa shape index (κ3) is 3.80. The lowest BCUT2D eigenvalue weighted by atomic mass is 9.93. The molecule has 0 aliphatic carbocycles. The van der Waals surface area contributed by atoms with Crippen molar-refractivity contribution >= 4 is 17.3 Å². The maximum Gasteiger partial charge on any atom is 0.434 e. The zero-order valence-corrected chi connectivity index (χ0v) is 12.7. The molecule has 1 heterocycles. The highest BCUT2D eigenvalue weighted by molar-refractivity contribution is 7.13. The van der Waals surface area contributed by atoms with Gasteiger partial charge in [-0.15, -0.1) is 11.3 Å². The standard InChI is InChI=1S/C14H13F3N2O3S/c1-13(18,12(21)22)5-7-2-3-9(20)8(4-7)11-19-10(6-23-11)14(15,16)17/h2-4,6,20H,5,18H2,1H3,(H,21,22). The highest BCUT2D eigenvalue weighted by atomic mass is 32.1. The number of aliphatic carboxylic acids is 1. The third-order valence-electron chi connectivity index (χ3n) is 3.15. The quantitative estimate of drug-likeness (QED) is 0.791. The van der Waals surface area contributed by atoms with Gasteiger partial charge < -0.3 is 15.9 Å². The number of alkyl halides is 3. The Kier molecular flexibility index (Phi) is 4.36. The smallest absolute Gasteiger partial charge is 0.434 e. The summed E-state index contributed by atoms with van der Waals surface area (Å²) in [6.45, 7) is 1.33. The summed E-state index contributed by atoms with van der Waals surface area (Å²) in [4.78, 5) is 14.5. The van der Waals surface area contributed by atoms with Crippen molar-refractivity contribution < 1.29 is 28.2 Å². The number of halogens is 3. The molecule has 2 aromatic rings. The zero-order valence-electron chi connectivity index (χ0n) is 11.9. The molecular weight excluding hydrogens is 333 g/mol. The van der Waals surface area contributed by atoms with Gasteiger partial charge in [-0.2, -0.15) is 13.2 Å². The molecule has 1 unspecified atom stereocenters. The molecule has 0 bridgehead atoms. The van der Waals surface area contributed by atoms with Gasteiger partial charge in [0.05, 0.1) is 5.56 Å². The fraction of sp³-hybridized carbons (Fsp3) is 0.286. The molecule has 1 atom stereocenters. The van der Waals surface area contributed by atoms with Gasteiger partial charge in [0.2, 0.25) is 0 Å². The average molecular weight is 346 g/mol. The summed E-state index contributed by atoms with van der Waals surface area (Å²) in [5.74, 6) is -1.45. The van der Waals surface area contributed by atoms with Gasteiger partial charge in [-0.1, -0.05) is 6.07 Å². The van der Waals surface area contributed by atoms with Crippen molar-refractivity contribution in [2.45, 2.75) is 25.1 Å². The SMILES string of the molecule is CC(N)(Cc1ccc(O)c(-c2nc(C(F)(F)F)cs2)c1)C(=O)O. The first-order valence-corrected chi connectivity index (χ1v) is 7.26. The van der Waals surface area contributed by atoms with E-state index in [0.717, 1.165) is 16.7 Å². The molecule has 1 aromatic carbocycles. The van der Waals surface area contributed by atoms with E-state index in [1.54, 1.807) is 0 Å². The van der Waals surface area contributed by atoms with E-state index in [2.05, 4.69) is 4.98 Å². The second-order valence-electron chi connectivity index (χ2n) is 5.29. The molecule has 124 valence electrons. The minimum Gasteiger partial charge on any atom is -0.507 e. The lowest BCUT2D eigenvalue weighted by Crippen LogP contribution is -2.46. The molecule has 0 saturated heterocycles. The molecule has 0 fully saturated rings. The van der Waals surface area contributed by atoms with Crippen molar-refractivity contribution in [3.8, 4) is 16.3 Å². The minimum atomic E-state index is -4.57. The minimum absolute atomic E-state index is 0.00859. The van der Waals surface area contributed by atoms with Crippen molar-refractivity contribution in [1.29, 1.82) is 0 Å². The molecule has 0 aliphatic rings. The van der Waals surface area contributed by atoms with Crippen LogP contribution in [0.4, 0.5) is 13.2 Å². The Morgan fingerprint density at radius 2 is 2.04 bits per heavy atom. The highest BCUT2D eigenvalue weighted by Gasteiger charge is 2.34. The number of thiazole rings is 1. The van der Waals surface area contributed by atoms with Crippen LogP contribution in [-0.4, -0.2) is 26.7 Å². The van der Waals surface area contributed by atoms with E-state index in [1.807, 2.05) is 0 Å². The Balaban J connectivity index is 2.38. The summed E-state index contributed by atoms with van der Waals surface area (Å²) in [6, 6.07) is 4.13. The number of carboxylic acid groups (broad SMARTS) is 1. The molecule has 9 heteroatoms. The Hall–Kier alpha value is -2.13. The van der Waals surface area contributed by atoms with Gasteiger partial charge in [0, 0.05) is 11.8 Å². The van der Waals surface area contributed by atoms with Crippen molar-refractivity contribution in [3.05, 3.63) is 34.8 Å². The molecule has 4 N–H and O–H groups in total. The van der Waals surface area contributed by atoms with E-state index >= 15 is 0 Å². The van der Waals surface area contributed by atoms with Crippen LogP contribution < -0.4 is 5.73 Å². The maximum atomic E-state index is 12.6. The van der Waals surface area contributed by atoms with Crippen molar-refractivity contribution in [3.63, 3.8) is 0 Å². The molecule has 0 amide bonds. The number of phenols is 1. The number of rotatable bonds is 4. The zero-order chi connectivity index (χ0) is 17.4. The average Bonchev–Trinajstić information content (AvgIpc) is 2.90. The predicted molar refractivity (Wildman–Crippen MR) is 78.1 cm³/mol. The molecule has 0 spiro atoms. The van der Waals surface area contributed by atoms with Crippen LogP contribution in [0.1, 0.15) is 18.2 Å². The van der Waals surface area contributed by atoms with Crippen molar-refractivity contribution in [2.24, 2.45) is 5.73 Å². The monoisotopic (exact) mass is 346 g/mol. The predicted octanol–water partition coefficient (Wildman–Crippen LogP) is 2.88. The second-order valence-corrected chi connectivity index (χ2v) is 6.14. The Morgan fingerprint density at radius 1 is 1.39 bits per heavy atom. The van der Waals surface area contributed by atoms with Crippen LogP contribution in [-0.2, 0) is 17.4 Å². The Bertz CT molecular complexity index is 741. The maximum absolute atomic E-state index is 12.6. The van der Waals surface area contributed by atoms with Crippen molar-refractivity contribution in [1.82, 2.24) is 4.98 Å². The first-order chi connectivity index (χ1) is 10.5. The lowest BCUT2D eigenvalue weighted by Gasteiger charge is -2.19. The van der Waals surface area contributed by atoms with Crippen LogP contribution >= 0.6 is 11.3 Å². The summed E-state index contributed by atoms with van der Waals surface area (Å²) in [6.07, 6.45) is -4.62. The molecule has 1 aromatic heterocycles. The van der Waals surface area contributed by atoms with Crippen LogP contribution in [0.2, 0.25) is 0 Å². The van der Waals surface area contributed by atoms with Crippen molar-refractivity contribution in [2.75, 3.05) is 0 Å². The number of nitrogens with zero attached hydrogens (tertiary/aromatic N) is 1. The van der Waals surface area contributed by atoms with E-state index < -0.39 is 23.4 Å². The molecule has 5 nitrogen and oxygen atoms in total.